The Morgan fingerprint density at radius 3 is 2.54 bits per heavy atom. The number of methoxy groups -OCH3 is 1. The van der Waals surface area contributed by atoms with Crippen molar-refractivity contribution in [2.24, 2.45) is 5.92 Å². The van der Waals surface area contributed by atoms with Crippen molar-refractivity contribution in [2.75, 3.05) is 26.9 Å². The van der Waals surface area contributed by atoms with Gasteiger partial charge in [-0.25, -0.2) is 0 Å². The zero-order valence-electron chi connectivity index (χ0n) is 20.3. The number of aromatic nitrogens is 1. The first-order chi connectivity index (χ1) is 17.0. The van der Waals surface area contributed by atoms with Gasteiger partial charge in [0.15, 0.2) is 23.0 Å². The zero-order valence-corrected chi connectivity index (χ0v) is 20.3. The topological polar surface area (TPSA) is 89.5 Å². The summed E-state index contributed by atoms with van der Waals surface area (Å²) < 4.78 is 25.2. The minimum atomic E-state index is 0.205. The molecule has 0 spiro atoms. The van der Waals surface area contributed by atoms with E-state index in [0.29, 0.717) is 54.9 Å². The molecule has 0 bridgehead atoms. The molecule has 0 radical (unpaired) electrons. The molecule has 5 rings (SSSR count). The minimum Gasteiger partial charge on any atom is -0.493 e. The highest BCUT2D eigenvalue weighted by atomic mass is 16.5. The third kappa shape index (κ3) is 4.21. The Hall–Kier alpha value is -3.92. The first-order valence-electron chi connectivity index (χ1n) is 12.0. The summed E-state index contributed by atoms with van der Waals surface area (Å²) in [5.41, 5.74) is 5.08. The van der Waals surface area contributed by atoms with Gasteiger partial charge < -0.3 is 23.5 Å². The van der Waals surface area contributed by atoms with Crippen molar-refractivity contribution in [1.82, 2.24) is 4.57 Å². The molecule has 3 aromatic rings. The maximum absolute atomic E-state index is 10.00. The van der Waals surface area contributed by atoms with Crippen LogP contribution in [-0.4, -0.2) is 31.5 Å². The van der Waals surface area contributed by atoms with Crippen LogP contribution in [0.2, 0.25) is 0 Å². The van der Waals surface area contributed by atoms with Gasteiger partial charge in [0.2, 0.25) is 0 Å². The van der Waals surface area contributed by atoms with Crippen LogP contribution in [0.3, 0.4) is 0 Å². The Kier molecular flexibility index (Phi) is 6.12. The molecule has 180 valence electrons. The van der Waals surface area contributed by atoms with Crippen LogP contribution in [0.15, 0.2) is 36.4 Å². The highest BCUT2D eigenvalue weighted by molar-refractivity contribution is 5.79. The Balaban J connectivity index is 1.65. The number of rotatable bonds is 5. The summed E-state index contributed by atoms with van der Waals surface area (Å²) in [6.45, 7) is 6.64. The number of nitrogens with zero attached hydrogens (tertiary/aromatic N) is 2. The van der Waals surface area contributed by atoms with Crippen molar-refractivity contribution in [3.63, 3.8) is 0 Å². The van der Waals surface area contributed by atoms with Gasteiger partial charge in [-0.2, -0.15) is 5.26 Å². The molecule has 0 saturated heterocycles. The van der Waals surface area contributed by atoms with E-state index in [1.54, 1.807) is 7.11 Å². The second-order valence-electron chi connectivity index (χ2n) is 9.26. The van der Waals surface area contributed by atoms with Crippen LogP contribution < -0.4 is 24.4 Å². The molecule has 7 nitrogen and oxygen atoms in total. The highest BCUT2D eigenvalue weighted by Crippen LogP contribution is 2.41. The first kappa shape index (κ1) is 22.9. The first-order valence-corrected chi connectivity index (χ1v) is 12.0. The van der Waals surface area contributed by atoms with E-state index in [-0.39, 0.29) is 5.49 Å². The second kappa shape index (κ2) is 9.38. The normalized spacial score (nSPS) is 13.9. The van der Waals surface area contributed by atoms with Crippen LogP contribution in [-0.2, 0) is 13.0 Å². The number of nitriles is 1. The van der Waals surface area contributed by atoms with Crippen molar-refractivity contribution in [2.45, 2.75) is 33.2 Å². The Bertz CT molecular complexity index is 1380. The number of hydrogen-bond acceptors (Lipinski definition) is 6. The lowest BCUT2D eigenvalue weighted by Gasteiger charge is -2.25. The van der Waals surface area contributed by atoms with Gasteiger partial charge in [-0.3, -0.25) is 5.41 Å². The summed E-state index contributed by atoms with van der Waals surface area (Å²) in [6, 6.07) is 14.0. The second-order valence-corrected chi connectivity index (χ2v) is 9.26. The summed E-state index contributed by atoms with van der Waals surface area (Å²) in [5, 5.41) is 18.9. The lowest BCUT2D eigenvalue weighted by atomic mass is 9.92. The molecule has 2 aliphatic rings. The molecule has 1 N–H and O–H groups in total. The quantitative estimate of drug-likeness (QED) is 0.570. The fraction of sp³-hybridized carbons (Fsp3) is 0.357. The molecule has 0 unspecified atom stereocenters. The van der Waals surface area contributed by atoms with Crippen LogP contribution in [0.4, 0.5) is 0 Å². The van der Waals surface area contributed by atoms with Crippen molar-refractivity contribution in [1.29, 1.82) is 10.7 Å². The molecule has 7 heteroatoms. The van der Waals surface area contributed by atoms with E-state index >= 15 is 0 Å². The van der Waals surface area contributed by atoms with Gasteiger partial charge in [0.05, 0.1) is 32.6 Å². The lowest BCUT2D eigenvalue weighted by molar-refractivity contribution is 0.257. The fourth-order valence-electron chi connectivity index (χ4n) is 4.61. The van der Waals surface area contributed by atoms with E-state index in [2.05, 4.69) is 26.0 Å². The monoisotopic (exact) mass is 471 g/mol. The average molecular weight is 472 g/mol. The largest absolute Gasteiger partial charge is 0.493 e. The molecule has 35 heavy (non-hydrogen) atoms. The SMILES string of the molecule is COc1cc(-c2cc3n(c(=N)c2C#N)CCc2cc4c(cc2-3)OCCCO4)ccc1OCC(C)C. The van der Waals surface area contributed by atoms with Crippen molar-refractivity contribution < 1.29 is 18.9 Å². The van der Waals surface area contributed by atoms with Gasteiger partial charge in [-0.05, 0) is 53.8 Å². The number of ether oxygens (including phenoxy) is 4. The highest BCUT2D eigenvalue weighted by Gasteiger charge is 2.24. The molecule has 0 fully saturated rings. The Labute approximate surface area is 205 Å². The number of pyridine rings is 1. The van der Waals surface area contributed by atoms with Gasteiger partial charge in [-0.1, -0.05) is 19.9 Å². The molecule has 0 atom stereocenters. The minimum absolute atomic E-state index is 0.205. The van der Waals surface area contributed by atoms with Gasteiger partial charge in [0.1, 0.15) is 17.1 Å². The number of aryl methyl sites for hydroxylation is 1. The summed E-state index contributed by atoms with van der Waals surface area (Å²) in [5.74, 6) is 3.14. The Morgan fingerprint density at radius 2 is 1.83 bits per heavy atom. The molecule has 0 aliphatic carbocycles. The predicted octanol–water partition coefficient (Wildman–Crippen LogP) is 4.93. The maximum Gasteiger partial charge on any atom is 0.161 e. The maximum atomic E-state index is 10.00. The van der Waals surface area contributed by atoms with Crippen molar-refractivity contribution >= 4 is 0 Å². The van der Waals surface area contributed by atoms with E-state index in [9.17, 15) is 5.26 Å². The standard InChI is InChI=1S/C28H29N3O4/c1-17(2)16-35-24-6-5-18(11-25(24)32-3)20-13-23-21-14-27-26(33-9-4-10-34-27)12-19(21)7-8-31(23)28(30)22(20)15-29/h5-6,11-14,17,30H,4,7-10,16H2,1-3H3. The van der Waals surface area contributed by atoms with Crippen LogP contribution in [0.5, 0.6) is 23.0 Å². The molecule has 0 saturated carbocycles. The van der Waals surface area contributed by atoms with Gasteiger partial charge in [-0.15, -0.1) is 0 Å². The van der Waals surface area contributed by atoms with E-state index in [0.717, 1.165) is 46.7 Å². The molecule has 0 amide bonds. The molecule has 2 aromatic carbocycles. The van der Waals surface area contributed by atoms with E-state index in [4.69, 9.17) is 24.4 Å². The molecular formula is C28H29N3O4. The Morgan fingerprint density at radius 1 is 1.06 bits per heavy atom. The molecule has 3 heterocycles. The number of nitrogens with one attached hydrogen (secondary N) is 1. The molecule has 1 aromatic heterocycles. The van der Waals surface area contributed by atoms with Gasteiger partial charge in [0.25, 0.3) is 0 Å². The summed E-state index contributed by atoms with van der Waals surface area (Å²) in [4.78, 5) is 0. The van der Waals surface area contributed by atoms with Crippen LogP contribution in [0, 0.1) is 22.7 Å². The van der Waals surface area contributed by atoms with Gasteiger partial charge in [0, 0.05) is 24.1 Å². The predicted molar refractivity (Wildman–Crippen MR) is 132 cm³/mol. The van der Waals surface area contributed by atoms with Crippen molar-refractivity contribution in [3.05, 3.63) is 53.0 Å². The molecule has 2 aliphatic heterocycles. The summed E-state index contributed by atoms with van der Waals surface area (Å²) in [6.07, 6.45) is 1.60. The van der Waals surface area contributed by atoms with Crippen LogP contribution in [0.1, 0.15) is 31.4 Å². The fourth-order valence-corrected chi connectivity index (χ4v) is 4.61. The summed E-state index contributed by atoms with van der Waals surface area (Å²) >= 11 is 0. The number of benzene rings is 2. The average Bonchev–Trinajstić information content (AvgIpc) is 3.10. The van der Waals surface area contributed by atoms with E-state index in [1.165, 1.54) is 0 Å². The smallest absolute Gasteiger partial charge is 0.161 e. The third-order valence-electron chi connectivity index (χ3n) is 6.36. The van der Waals surface area contributed by atoms with Crippen LogP contribution >= 0.6 is 0 Å². The van der Waals surface area contributed by atoms with Crippen molar-refractivity contribution in [3.8, 4) is 51.5 Å². The number of hydrogen-bond donors (Lipinski definition) is 1. The molecular weight excluding hydrogens is 442 g/mol. The third-order valence-corrected chi connectivity index (χ3v) is 6.36. The van der Waals surface area contributed by atoms with E-state index < -0.39 is 0 Å². The zero-order chi connectivity index (χ0) is 24.5. The number of fused-ring (bicyclic) bond motifs is 4. The lowest BCUT2D eigenvalue weighted by Crippen LogP contribution is -2.28. The van der Waals surface area contributed by atoms with Gasteiger partial charge >= 0.3 is 0 Å². The van der Waals surface area contributed by atoms with E-state index in [1.807, 2.05) is 34.9 Å². The summed E-state index contributed by atoms with van der Waals surface area (Å²) in [7, 11) is 1.61. The van der Waals surface area contributed by atoms with Crippen LogP contribution in [0.25, 0.3) is 22.4 Å².